The van der Waals surface area contributed by atoms with Crippen molar-refractivity contribution in [2.24, 2.45) is 5.92 Å². The van der Waals surface area contributed by atoms with Gasteiger partial charge >= 0.3 is 0 Å². The van der Waals surface area contributed by atoms with Gasteiger partial charge in [0, 0.05) is 12.2 Å². The second kappa shape index (κ2) is 6.42. The molecule has 0 bridgehead atoms. The maximum atomic E-state index is 9.96. The minimum Gasteiger partial charge on any atom is -0.391 e. The molecule has 1 aromatic carbocycles. The Hall–Kier alpha value is -1.53. The van der Waals surface area contributed by atoms with Crippen LogP contribution in [0.5, 0.6) is 0 Å². The van der Waals surface area contributed by atoms with E-state index < -0.39 is 0 Å². The maximum absolute atomic E-state index is 9.96. The quantitative estimate of drug-likeness (QED) is 0.837. The molecule has 0 amide bonds. The van der Waals surface area contributed by atoms with Crippen LogP contribution in [0.3, 0.4) is 0 Å². The van der Waals surface area contributed by atoms with Gasteiger partial charge in [-0.25, -0.2) is 0 Å². The number of anilines is 1. The van der Waals surface area contributed by atoms with Crippen LogP contribution in [0.1, 0.15) is 37.7 Å². The summed E-state index contributed by atoms with van der Waals surface area (Å²) in [5, 5.41) is 21.9. The van der Waals surface area contributed by atoms with Crippen LogP contribution in [0.2, 0.25) is 0 Å². The van der Waals surface area contributed by atoms with Gasteiger partial charge in [0.1, 0.15) is 0 Å². The zero-order valence-electron chi connectivity index (χ0n) is 10.6. The van der Waals surface area contributed by atoms with E-state index in [1.165, 1.54) is 25.7 Å². The molecule has 0 aromatic heterocycles. The summed E-state index contributed by atoms with van der Waals surface area (Å²) in [6, 6.07) is 9.41. The van der Waals surface area contributed by atoms with Crippen LogP contribution in [0.25, 0.3) is 0 Å². The van der Waals surface area contributed by atoms with Crippen molar-refractivity contribution >= 4 is 5.69 Å². The molecule has 1 aliphatic carbocycles. The van der Waals surface area contributed by atoms with Gasteiger partial charge in [-0.15, -0.1) is 0 Å². The number of benzene rings is 1. The molecule has 0 aliphatic heterocycles. The number of nitriles is 1. The van der Waals surface area contributed by atoms with E-state index >= 15 is 0 Å². The Morgan fingerprint density at radius 1 is 1.28 bits per heavy atom. The van der Waals surface area contributed by atoms with Crippen molar-refractivity contribution in [2.45, 2.75) is 38.2 Å². The lowest BCUT2D eigenvalue weighted by Crippen LogP contribution is -2.21. The number of aliphatic hydroxyl groups excluding tert-OH is 1. The number of rotatable bonds is 5. The Kier molecular flexibility index (Phi) is 4.60. The second-order valence-electron chi connectivity index (χ2n) is 5.11. The van der Waals surface area contributed by atoms with Crippen molar-refractivity contribution in [2.75, 3.05) is 11.9 Å². The molecule has 1 saturated carbocycles. The largest absolute Gasteiger partial charge is 0.391 e. The third-order valence-corrected chi connectivity index (χ3v) is 3.64. The van der Waals surface area contributed by atoms with Crippen molar-refractivity contribution in [3.8, 4) is 6.07 Å². The number of hydrogen-bond acceptors (Lipinski definition) is 3. The summed E-state index contributed by atoms with van der Waals surface area (Å²) < 4.78 is 0. The van der Waals surface area contributed by atoms with Crippen molar-refractivity contribution in [1.82, 2.24) is 0 Å². The lowest BCUT2D eigenvalue weighted by Gasteiger charge is -2.16. The predicted octanol–water partition coefficient (Wildman–Crippen LogP) is 2.91. The molecule has 1 atom stereocenters. The first-order valence-electron chi connectivity index (χ1n) is 6.70. The SMILES string of the molecule is N#Cc1ccc(NCC(O)CC2CCCC2)cc1. The van der Waals surface area contributed by atoms with Crippen molar-refractivity contribution in [3.05, 3.63) is 29.8 Å². The van der Waals surface area contributed by atoms with Crippen molar-refractivity contribution in [1.29, 1.82) is 5.26 Å². The van der Waals surface area contributed by atoms with Crippen LogP contribution >= 0.6 is 0 Å². The van der Waals surface area contributed by atoms with Gasteiger partial charge in [-0.05, 0) is 36.6 Å². The zero-order valence-corrected chi connectivity index (χ0v) is 10.6. The van der Waals surface area contributed by atoms with E-state index in [9.17, 15) is 5.11 Å². The molecular formula is C15H20N2O. The third kappa shape index (κ3) is 3.75. The number of aliphatic hydroxyl groups is 1. The van der Waals surface area contributed by atoms with E-state index in [0.29, 0.717) is 18.0 Å². The van der Waals surface area contributed by atoms with Crippen LogP contribution in [0.15, 0.2) is 24.3 Å². The molecule has 0 saturated heterocycles. The standard InChI is InChI=1S/C15H20N2O/c16-10-13-5-7-14(8-6-13)17-11-15(18)9-12-3-1-2-4-12/h5-8,12,15,17-18H,1-4,9,11H2. The smallest absolute Gasteiger partial charge is 0.0991 e. The van der Waals surface area contributed by atoms with Crippen molar-refractivity contribution in [3.63, 3.8) is 0 Å². The predicted molar refractivity (Wildman–Crippen MR) is 72.2 cm³/mol. The number of hydrogen-bond donors (Lipinski definition) is 2. The topological polar surface area (TPSA) is 56.0 Å². The minimum atomic E-state index is -0.274. The van der Waals surface area contributed by atoms with Crippen LogP contribution in [0.4, 0.5) is 5.69 Å². The Balaban J connectivity index is 1.74. The summed E-state index contributed by atoms with van der Waals surface area (Å²) in [6.45, 7) is 0.586. The molecule has 1 unspecified atom stereocenters. The Morgan fingerprint density at radius 3 is 2.56 bits per heavy atom. The van der Waals surface area contributed by atoms with Crippen LogP contribution in [-0.4, -0.2) is 17.8 Å². The second-order valence-corrected chi connectivity index (χ2v) is 5.11. The highest BCUT2D eigenvalue weighted by molar-refractivity contribution is 5.47. The summed E-state index contributed by atoms with van der Waals surface area (Å²) in [5.74, 6) is 0.711. The molecule has 96 valence electrons. The summed E-state index contributed by atoms with van der Waals surface area (Å²) in [7, 11) is 0. The molecule has 2 rings (SSSR count). The molecule has 3 heteroatoms. The zero-order chi connectivity index (χ0) is 12.8. The highest BCUT2D eigenvalue weighted by Crippen LogP contribution is 2.28. The fourth-order valence-corrected chi connectivity index (χ4v) is 2.61. The van der Waals surface area contributed by atoms with Crippen LogP contribution < -0.4 is 5.32 Å². The summed E-state index contributed by atoms with van der Waals surface area (Å²) in [5.41, 5.74) is 1.62. The fourth-order valence-electron chi connectivity index (χ4n) is 2.61. The van der Waals surface area contributed by atoms with Gasteiger partial charge in [0.2, 0.25) is 0 Å². The van der Waals surface area contributed by atoms with E-state index in [1.54, 1.807) is 12.1 Å². The first-order chi connectivity index (χ1) is 8.78. The molecule has 1 fully saturated rings. The van der Waals surface area contributed by atoms with Gasteiger partial charge in [0.15, 0.2) is 0 Å². The van der Waals surface area contributed by atoms with Crippen LogP contribution in [0, 0.1) is 17.2 Å². The maximum Gasteiger partial charge on any atom is 0.0991 e. The molecule has 0 heterocycles. The molecule has 1 aromatic rings. The van der Waals surface area contributed by atoms with Gasteiger partial charge in [0.25, 0.3) is 0 Å². The lowest BCUT2D eigenvalue weighted by molar-refractivity contribution is 0.155. The van der Waals surface area contributed by atoms with Gasteiger partial charge < -0.3 is 10.4 Å². The van der Waals surface area contributed by atoms with Crippen molar-refractivity contribution < 1.29 is 5.11 Å². The first-order valence-corrected chi connectivity index (χ1v) is 6.70. The summed E-state index contributed by atoms with van der Waals surface area (Å²) >= 11 is 0. The summed E-state index contributed by atoms with van der Waals surface area (Å²) in [4.78, 5) is 0. The normalized spacial score (nSPS) is 17.3. The first kappa shape index (κ1) is 12.9. The highest BCUT2D eigenvalue weighted by Gasteiger charge is 2.18. The molecule has 18 heavy (non-hydrogen) atoms. The van der Waals surface area contributed by atoms with E-state index in [1.807, 2.05) is 12.1 Å². The van der Waals surface area contributed by atoms with Gasteiger partial charge in [0.05, 0.1) is 17.7 Å². The third-order valence-electron chi connectivity index (χ3n) is 3.64. The van der Waals surface area contributed by atoms with Gasteiger partial charge in [-0.3, -0.25) is 0 Å². The molecule has 2 N–H and O–H groups in total. The monoisotopic (exact) mass is 244 g/mol. The minimum absolute atomic E-state index is 0.274. The average Bonchev–Trinajstić information content (AvgIpc) is 2.90. The molecule has 1 aliphatic rings. The molecular weight excluding hydrogens is 224 g/mol. The van der Waals surface area contributed by atoms with E-state index in [0.717, 1.165) is 12.1 Å². The number of nitrogens with one attached hydrogen (secondary N) is 1. The van der Waals surface area contributed by atoms with Crippen LogP contribution in [-0.2, 0) is 0 Å². The fraction of sp³-hybridized carbons (Fsp3) is 0.533. The van der Waals surface area contributed by atoms with Gasteiger partial charge in [-0.2, -0.15) is 5.26 Å². The average molecular weight is 244 g/mol. The van der Waals surface area contributed by atoms with E-state index in [4.69, 9.17) is 5.26 Å². The molecule has 0 spiro atoms. The Bertz CT molecular complexity index is 401. The Morgan fingerprint density at radius 2 is 1.94 bits per heavy atom. The van der Waals surface area contributed by atoms with E-state index in [2.05, 4.69) is 11.4 Å². The highest BCUT2D eigenvalue weighted by atomic mass is 16.3. The summed E-state index contributed by atoms with van der Waals surface area (Å²) in [6.07, 6.45) is 5.81. The number of nitrogens with zero attached hydrogens (tertiary/aromatic N) is 1. The lowest BCUT2D eigenvalue weighted by atomic mass is 10.00. The van der Waals surface area contributed by atoms with Gasteiger partial charge in [-0.1, -0.05) is 25.7 Å². The molecule has 3 nitrogen and oxygen atoms in total. The Labute approximate surface area is 108 Å². The van der Waals surface area contributed by atoms with E-state index in [-0.39, 0.29) is 6.10 Å². The molecule has 0 radical (unpaired) electrons.